The summed E-state index contributed by atoms with van der Waals surface area (Å²) in [6.45, 7) is 0. The summed E-state index contributed by atoms with van der Waals surface area (Å²) >= 11 is 3.36. The first-order chi connectivity index (χ1) is 9.10. The molecule has 100 valence electrons. The first-order valence-electron chi connectivity index (χ1n) is 5.66. The van der Waals surface area contributed by atoms with Gasteiger partial charge in [-0.1, -0.05) is 15.9 Å². The van der Waals surface area contributed by atoms with E-state index in [1.54, 1.807) is 25.3 Å². The van der Waals surface area contributed by atoms with E-state index in [1.807, 2.05) is 24.3 Å². The molecule has 0 aromatic heterocycles. The molecule has 5 heteroatoms. The summed E-state index contributed by atoms with van der Waals surface area (Å²) in [6, 6.07) is 12.8. The molecule has 0 amide bonds. The van der Waals surface area contributed by atoms with Gasteiger partial charge in [-0.25, -0.2) is 0 Å². The lowest BCUT2D eigenvalue weighted by Crippen LogP contribution is -2.00. The van der Waals surface area contributed by atoms with Gasteiger partial charge >= 0.3 is 0 Å². The zero-order chi connectivity index (χ0) is 13.8. The summed E-state index contributed by atoms with van der Waals surface area (Å²) in [6.07, 6.45) is 0. The topological polar surface area (TPSA) is 52.3 Å². The van der Waals surface area contributed by atoms with Crippen LogP contribution in [0.2, 0.25) is 0 Å². The highest BCUT2D eigenvalue weighted by atomic mass is 79.9. The smallest absolute Gasteiger partial charge is 0.123 e. The molecule has 0 heterocycles. The van der Waals surface area contributed by atoms with Crippen LogP contribution < -0.4 is 10.5 Å². The Bertz CT molecular complexity index is 599. The molecule has 19 heavy (non-hydrogen) atoms. The summed E-state index contributed by atoms with van der Waals surface area (Å²) in [5.41, 5.74) is 7.25. The lowest BCUT2D eigenvalue weighted by molar-refractivity contribution is 0.411. The zero-order valence-electron chi connectivity index (χ0n) is 10.4. The van der Waals surface area contributed by atoms with Crippen molar-refractivity contribution in [3.63, 3.8) is 0 Å². The van der Waals surface area contributed by atoms with Gasteiger partial charge in [0.05, 0.1) is 23.7 Å². The Labute approximate surface area is 123 Å². The van der Waals surface area contributed by atoms with E-state index in [9.17, 15) is 4.21 Å². The molecular formula is C14H14BrNO2S. The summed E-state index contributed by atoms with van der Waals surface area (Å²) in [7, 11) is 0.476. The summed E-state index contributed by atoms with van der Waals surface area (Å²) < 4.78 is 18.5. The predicted octanol–water partition coefficient (Wildman–Crippen LogP) is 3.35. The van der Waals surface area contributed by atoms with Gasteiger partial charge in [-0.05, 0) is 42.5 Å². The van der Waals surface area contributed by atoms with Crippen molar-refractivity contribution >= 4 is 32.4 Å². The van der Waals surface area contributed by atoms with E-state index in [4.69, 9.17) is 10.5 Å². The second-order valence-electron chi connectivity index (χ2n) is 4.02. The molecule has 2 rings (SSSR count). The zero-order valence-corrected chi connectivity index (χ0v) is 12.8. The molecule has 1 unspecified atom stereocenters. The van der Waals surface area contributed by atoms with Gasteiger partial charge in [0.25, 0.3) is 0 Å². The standard InChI is InChI=1S/C14H14BrNO2S/c1-18-14-7-4-12(16)8-10(14)9-19(17)13-5-2-11(15)3-6-13/h2-8H,9,16H2,1H3. The first-order valence-corrected chi connectivity index (χ1v) is 7.77. The van der Waals surface area contributed by atoms with Crippen LogP contribution in [0, 0.1) is 0 Å². The second kappa shape index (κ2) is 6.21. The van der Waals surface area contributed by atoms with Crippen molar-refractivity contribution in [2.75, 3.05) is 12.8 Å². The van der Waals surface area contributed by atoms with Gasteiger partial charge in [-0.2, -0.15) is 0 Å². The maximum absolute atomic E-state index is 12.3. The average Bonchev–Trinajstić information content (AvgIpc) is 2.39. The highest BCUT2D eigenvalue weighted by Crippen LogP contribution is 2.24. The number of halogens is 1. The number of methoxy groups -OCH3 is 1. The molecule has 0 bridgehead atoms. The van der Waals surface area contributed by atoms with Crippen LogP contribution in [0.15, 0.2) is 51.8 Å². The third-order valence-electron chi connectivity index (χ3n) is 2.67. The lowest BCUT2D eigenvalue weighted by atomic mass is 10.2. The summed E-state index contributed by atoms with van der Waals surface area (Å²) in [5, 5.41) is 0. The van der Waals surface area contributed by atoms with Crippen LogP contribution in [0.5, 0.6) is 5.75 Å². The minimum Gasteiger partial charge on any atom is -0.496 e. The Balaban J connectivity index is 2.23. The fourth-order valence-corrected chi connectivity index (χ4v) is 3.10. The predicted molar refractivity (Wildman–Crippen MR) is 81.7 cm³/mol. The Hall–Kier alpha value is -1.33. The van der Waals surface area contributed by atoms with E-state index in [2.05, 4.69) is 15.9 Å². The minimum absolute atomic E-state index is 0.385. The molecule has 0 spiro atoms. The molecule has 0 aliphatic rings. The number of nitrogens with two attached hydrogens (primary N) is 1. The molecular weight excluding hydrogens is 326 g/mol. The molecule has 0 saturated carbocycles. The van der Waals surface area contributed by atoms with Crippen LogP contribution >= 0.6 is 15.9 Å². The molecule has 0 aliphatic carbocycles. The van der Waals surface area contributed by atoms with Gasteiger partial charge < -0.3 is 10.5 Å². The lowest BCUT2D eigenvalue weighted by Gasteiger charge is -2.09. The SMILES string of the molecule is COc1ccc(N)cc1CS(=O)c1ccc(Br)cc1. The van der Waals surface area contributed by atoms with Crippen LogP contribution in [-0.2, 0) is 16.6 Å². The van der Waals surface area contributed by atoms with Crippen LogP contribution in [0.4, 0.5) is 5.69 Å². The molecule has 2 aromatic rings. The fraction of sp³-hybridized carbons (Fsp3) is 0.143. The highest BCUT2D eigenvalue weighted by molar-refractivity contribution is 9.10. The monoisotopic (exact) mass is 339 g/mol. The van der Waals surface area contributed by atoms with Crippen molar-refractivity contribution in [1.82, 2.24) is 0 Å². The maximum atomic E-state index is 12.3. The second-order valence-corrected chi connectivity index (χ2v) is 6.38. The van der Waals surface area contributed by atoms with Gasteiger partial charge in [-0.15, -0.1) is 0 Å². The Kier molecular flexibility index (Phi) is 4.61. The van der Waals surface area contributed by atoms with E-state index in [-0.39, 0.29) is 0 Å². The van der Waals surface area contributed by atoms with Gasteiger partial charge in [0.1, 0.15) is 5.75 Å². The van der Waals surface area contributed by atoms with E-state index in [1.165, 1.54) is 0 Å². The maximum Gasteiger partial charge on any atom is 0.123 e. The Morgan fingerprint density at radius 1 is 1.21 bits per heavy atom. The third-order valence-corrected chi connectivity index (χ3v) is 4.57. The molecule has 2 aromatic carbocycles. The van der Waals surface area contributed by atoms with Crippen LogP contribution in [0.3, 0.4) is 0 Å². The molecule has 3 nitrogen and oxygen atoms in total. The number of hydrogen-bond donors (Lipinski definition) is 1. The summed E-state index contributed by atoms with van der Waals surface area (Å²) in [4.78, 5) is 0.785. The number of benzene rings is 2. The number of nitrogen functional groups attached to an aromatic ring is 1. The fourth-order valence-electron chi connectivity index (χ4n) is 1.72. The van der Waals surface area contributed by atoms with Gasteiger partial charge in [0.2, 0.25) is 0 Å². The highest BCUT2D eigenvalue weighted by Gasteiger charge is 2.10. The number of anilines is 1. The number of rotatable bonds is 4. The van der Waals surface area contributed by atoms with Gasteiger partial charge in [0, 0.05) is 20.6 Å². The van der Waals surface area contributed by atoms with Crippen molar-refractivity contribution in [3.8, 4) is 5.75 Å². The van der Waals surface area contributed by atoms with Gasteiger partial charge in [-0.3, -0.25) is 4.21 Å². The third kappa shape index (κ3) is 3.58. The Morgan fingerprint density at radius 3 is 2.53 bits per heavy atom. The van der Waals surface area contributed by atoms with Crippen LogP contribution in [0.1, 0.15) is 5.56 Å². The molecule has 0 fully saturated rings. The van der Waals surface area contributed by atoms with E-state index >= 15 is 0 Å². The van der Waals surface area contributed by atoms with Crippen molar-refractivity contribution < 1.29 is 8.95 Å². The summed E-state index contributed by atoms with van der Waals surface area (Å²) in [5.74, 6) is 1.09. The molecule has 0 saturated heterocycles. The largest absolute Gasteiger partial charge is 0.496 e. The van der Waals surface area contributed by atoms with Crippen LogP contribution in [-0.4, -0.2) is 11.3 Å². The quantitative estimate of drug-likeness (QED) is 0.869. The number of ether oxygens (including phenoxy) is 1. The Morgan fingerprint density at radius 2 is 1.89 bits per heavy atom. The minimum atomic E-state index is -1.12. The first kappa shape index (κ1) is 14.1. The van der Waals surface area contributed by atoms with Crippen LogP contribution in [0.25, 0.3) is 0 Å². The van der Waals surface area contributed by atoms with Crippen molar-refractivity contribution in [3.05, 3.63) is 52.5 Å². The van der Waals surface area contributed by atoms with E-state index < -0.39 is 10.8 Å². The van der Waals surface area contributed by atoms with Crippen molar-refractivity contribution in [2.45, 2.75) is 10.6 Å². The molecule has 0 aliphatic heterocycles. The van der Waals surface area contributed by atoms with E-state index in [0.29, 0.717) is 17.2 Å². The molecule has 1 atom stereocenters. The van der Waals surface area contributed by atoms with Crippen molar-refractivity contribution in [1.29, 1.82) is 0 Å². The molecule has 2 N–H and O–H groups in total. The van der Waals surface area contributed by atoms with E-state index in [0.717, 1.165) is 14.9 Å². The normalized spacial score (nSPS) is 12.1. The molecule has 0 radical (unpaired) electrons. The van der Waals surface area contributed by atoms with Crippen molar-refractivity contribution in [2.24, 2.45) is 0 Å². The number of hydrogen-bond acceptors (Lipinski definition) is 3. The average molecular weight is 340 g/mol. The van der Waals surface area contributed by atoms with Gasteiger partial charge in [0.15, 0.2) is 0 Å².